The number of halogens is 2. The lowest BCUT2D eigenvalue weighted by atomic mass is 10.1. The Labute approximate surface area is 186 Å². The molecule has 0 atom stereocenters. The lowest BCUT2D eigenvalue weighted by molar-refractivity contribution is 0.617. The van der Waals surface area contributed by atoms with Gasteiger partial charge in [0.15, 0.2) is 5.82 Å². The molecule has 4 aromatic rings. The largest absolute Gasteiger partial charge is 0.368 e. The maximum absolute atomic E-state index is 14.6. The number of nitrogens with zero attached hydrogens (tertiary/aromatic N) is 2. The highest BCUT2D eigenvalue weighted by Gasteiger charge is 2.07. The van der Waals surface area contributed by atoms with Crippen molar-refractivity contribution in [2.24, 2.45) is 0 Å². The maximum Gasteiger partial charge on any atom is 0.158 e. The number of aryl methyl sites for hydroxylation is 1. The fraction of sp³-hybridized carbons (Fsp3) is 0.154. The Bertz CT molecular complexity index is 1320. The summed E-state index contributed by atoms with van der Waals surface area (Å²) in [6, 6.07) is 16.8. The second-order valence-corrected chi connectivity index (χ2v) is 8.10. The lowest BCUT2D eigenvalue weighted by Crippen LogP contribution is -2.11. The molecule has 3 nitrogen and oxygen atoms in total. The van der Waals surface area contributed by atoms with Crippen LogP contribution in [-0.4, -0.2) is 16.0 Å². The summed E-state index contributed by atoms with van der Waals surface area (Å²) < 4.78 is 14.6. The molecule has 2 heterocycles. The monoisotopic (exact) mass is 429 g/mol. The Hall–Kier alpha value is -3.42. The van der Waals surface area contributed by atoms with Crippen LogP contribution in [0.4, 0.5) is 10.2 Å². The molecule has 4 rings (SSSR count). The first-order chi connectivity index (χ1) is 14.9. The molecule has 5 heteroatoms. The first-order valence-electron chi connectivity index (χ1n) is 10.0. The summed E-state index contributed by atoms with van der Waals surface area (Å²) in [7, 11) is 0. The van der Waals surface area contributed by atoms with Crippen LogP contribution in [0.2, 0.25) is 5.02 Å². The zero-order chi connectivity index (χ0) is 22.0. The Kier molecular flexibility index (Phi) is 5.88. The molecule has 1 N–H and O–H groups in total. The summed E-state index contributed by atoms with van der Waals surface area (Å²) in [5, 5.41) is 4.98. The zero-order valence-electron chi connectivity index (χ0n) is 17.5. The number of rotatable bonds is 3. The highest BCUT2D eigenvalue weighted by Crippen LogP contribution is 2.23. The molecule has 2 aromatic carbocycles. The molecule has 0 bridgehead atoms. The van der Waals surface area contributed by atoms with Crippen molar-refractivity contribution < 1.29 is 4.39 Å². The van der Waals surface area contributed by atoms with Gasteiger partial charge < -0.3 is 5.32 Å². The third-order valence-electron chi connectivity index (χ3n) is 4.80. The van der Waals surface area contributed by atoms with E-state index in [1.165, 1.54) is 6.07 Å². The summed E-state index contributed by atoms with van der Waals surface area (Å²) in [5.41, 5.74) is 4.42. The van der Waals surface area contributed by atoms with Gasteiger partial charge in [-0.15, -0.1) is 0 Å². The lowest BCUT2D eigenvalue weighted by Gasteiger charge is -2.11. The first kappa shape index (κ1) is 20.8. The van der Waals surface area contributed by atoms with Gasteiger partial charge in [-0.1, -0.05) is 29.7 Å². The molecule has 0 radical (unpaired) electrons. The predicted molar refractivity (Wildman–Crippen MR) is 126 cm³/mol. The molecule has 2 aromatic heterocycles. The number of pyridine rings is 2. The third kappa shape index (κ3) is 4.84. The van der Waals surface area contributed by atoms with Gasteiger partial charge in [-0.3, -0.25) is 0 Å². The highest BCUT2D eigenvalue weighted by molar-refractivity contribution is 6.30. The van der Waals surface area contributed by atoms with Crippen LogP contribution < -0.4 is 5.32 Å². The maximum atomic E-state index is 14.6. The molecule has 0 saturated carbocycles. The van der Waals surface area contributed by atoms with Gasteiger partial charge in [-0.25, -0.2) is 14.4 Å². The molecule has 0 aliphatic carbocycles. The van der Waals surface area contributed by atoms with E-state index >= 15 is 0 Å². The standard InChI is InChI=1S/C26H21ClFN3/c1-16(2)30-26-12-17(3)22-13-18(4-10-24(22)31-26)5-11-25-23(28)14-20(15-29-25)19-6-8-21(27)9-7-19/h4,6-10,12-16H,1-3H3,(H,30,31). The molecule has 154 valence electrons. The Balaban J connectivity index is 1.62. The van der Waals surface area contributed by atoms with E-state index in [0.29, 0.717) is 16.6 Å². The number of benzene rings is 2. The molecular formula is C26H21ClFN3. The van der Waals surface area contributed by atoms with E-state index in [2.05, 4.69) is 41.0 Å². The van der Waals surface area contributed by atoms with Crippen LogP contribution in [0.3, 0.4) is 0 Å². The van der Waals surface area contributed by atoms with Crippen LogP contribution in [0, 0.1) is 24.6 Å². The molecule has 31 heavy (non-hydrogen) atoms. The molecule has 0 saturated heterocycles. The Morgan fingerprint density at radius 3 is 2.45 bits per heavy atom. The summed E-state index contributed by atoms with van der Waals surface area (Å²) in [4.78, 5) is 8.86. The summed E-state index contributed by atoms with van der Waals surface area (Å²) in [6.45, 7) is 6.20. The highest BCUT2D eigenvalue weighted by atomic mass is 35.5. The number of anilines is 1. The van der Waals surface area contributed by atoms with Crippen LogP contribution in [-0.2, 0) is 0 Å². The van der Waals surface area contributed by atoms with Gasteiger partial charge in [0.2, 0.25) is 0 Å². The fourth-order valence-electron chi connectivity index (χ4n) is 3.30. The van der Waals surface area contributed by atoms with Crippen molar-refractivity contribution in [1.29, 1.82) is 0 Å². The Morgan fingerprint density at radius 2 is 1.74 bits per heavy atom. The smallest absolute Gasteiger partial charge is 0.158 e. The topological polar surface area (TPSA) is 37.8 Å². The molecule has 0 aliphatic heterocycles. The number of hydrogen-bond donors (Lipinski definition) is 1. The van der Waals surface area contributed by atoms with E-state index in [-0.39, 0.29) is 5.69 Å². The molecule has 0 unspecified atom stereocenters. The van der Waals surface area contributed by atoms with E-state index in [4.69, 9.17) is 11.6 Å². The summed E-state index contributed by atoms with van der Waals surface area (Å²) in [6.07, 6.45) is 1.62. The first-order valence-corrected chi connectivity index (χ1v) is 10.4. The van der Waals surface area contributed by atoms with Gasteiger partial charge in [0.05, 0.1) is 5.52 Å². The average molecular weight is 430 g/mol. The quantitative estimate of drug-likeness (QED) is 0.372. The minimum Gasteiger partial charge on any atom is -0.368 e. The van der Waals surface area contributed by atoms with E-state index in [1.807, 2.05) is 43.3 Å². The van der Waals surface area contributed by atoms with Crippen molar-refractivity contribution in [3.8, 4) is 23.0 Å². The van der Waals surface area contributed by atoms with Crippen molar-refractivity contribution >= 4 is 28.3 Å². The van der Waals surface area contributed by atoms with Gasteiger partial charge >= 0.3 is 0 Å². The molecule has 0 aliphatic rings. The summed E-state index contributed by atoms with van der Waals surface area (Å²) >= 11 is 5.91. The molecule has 0 spiro atoms. The van der Waals surface area contributed by atoms with E-state index in [9.17, 15) is 4.39 Å². The van der Waals surface area contributed by atoms with Gasteiger partial charge in [0.1, 0.15) is 11.5 Å². The number of fused-ring (bicyclic) bond motifs is 1. The van der Waals surface area contributed by atoms with Crippen molar-refractivity contribution in [2.75, 3.05) is 5.32 Å². The SMILES string of the molecule is Cc1cc(NC(C)C)nc2ccc(C#Cc3ncc(-c4ccc(Cl)cc4)cc3F)cc12. The average Bonchev–Trinajstić information content (AvgIpc) is 2.73. The second-order valence-electron chi connectivity index (χ2n) is 7.67. The van der Waals surface area contributed by atoms with Gasteiger partial charge in [-0.2, -0.15) is 0 Å². The number of nitrogens with one attached hydrogen (secondary N) is 1. The predicted octanol–water partition coefficient (Wildman–Crippen LogP) is 6.62. The van der Waals surface area contributed by atoms with Crippen LogP contribution in [0.1, 0.15) is 30.7 Å². The normalized spacial score (nSPS) is 10.8. The zero-order valence-corrected chi connectivity index (χ0v) is 18.3. The van der Waals surface area contributed by atoms with E-state index < -0.39 is 5.82 Å². The molecular weight excluding hydrogens is 409 g/mol. The van der Waals surface area contributed by atoms with Crippen LogP contribution in [0.15, 0.2) is 60.8 Å². The van der Waals surface area contributed by atoms with Crippen LogP contribution >= 0.6 is 11.6 Å². The second kappa shape index (κ2) is 8.75. The van der Waals surface area contributed by atoms with E-state index in [0.717, 1.165) is 33.4 Å². The Morgan fingerprint density at radius 1 is 0.968 bits per heavy atom. The van der Waals surface area contributed by atoms with Crippen molar-refractivity contribution in [1.82, 2.24) is 9.97 Å². The van der Waals surface area contributed by atoms with Crippen molar-refractivity contribution in [3.63, 3.8) is 0 Å². The van der Waals surface area contributed by atoms with Gasteiger partial charge in [0.25, 0.3) is 0 Å². The van der Waals surface area contributed by atoms with Crippen molar-refractivity contribution in [3.05, 3.63) is 88.5 Å². The number of hydrogen-bond acceptors (Lipinski definition) is 3. The third-order valence-corrected chi connectivity index (χ3v) is 5.05. The minimum atomic E-state index is -0.456. The number of aromatic nitrogens is 2. The van der Waals surface area contributed by atoms with E-state index in [1.54, 1.807) is 18.3 Å². The molecule has 0 fully saturated rings. The van der Waals surface area contributed by atoms with Gasteiger partial charge in [-0.05, 0) is 80.3 Å². The summed E-state index contributed by atoms with van der Waals surface area (Å²) in [5.74, 6) is 6.27. The molecule has 0 amide bonds. The van der Waals surface area contributed by atoms with Crippen molar-refractivity contribution in [2.45, 2.75) is 26.8 Å². The van der Waals surface area contributed by atoms with Gasteiger partial charge in [0, 0.05) is 33.8 Å². The van der Waals surface area contributed by atoms with Crippen LogP contribution in [0.5, 0.6) is 0 Å². The van der Waals surface area contributed by atoms with Crippen LogP contribution in [0.25, 0.3) is 22.0 Å². The minimum absolute atomic E-state index is 0.115. The fourth-order valence-corrected chi connectivity index (χ4v) is 3.43.